The SMILES string of the molecule is Cc1[nH]c2c(F)ccc(C)c2c1CCNC(=O)/C=C/c1cccc(C#N)c1. The highest BCUT2D eigenvalue weighted by Crippen LogP contribution is 2.27. The van der Waals surface area contributed by atoms with Gasteiger partial charge < -0.3 is 10.3 Å². The van der Waals surface area contributed by atoms with Gasteiger partial charge in [0.15, 0.2) is 0 Å². The van der Waals surface area contributed by atoms with E-state index in [1.54, 1.807) is 30.3 Å². The first-order valence-corrected chi connectivity index (χ1v) is 8.72. The van der Waals surface area contributed by atoms with E-state index in [4.69, 9.17) is 5.26 Å². The summed E-state index contributed by atoms with van der Waals surface area (Å²) in [7, 11) is 0. The molecule has 2 aromatic carbocycles. The lowest BCUT2D eigenvalue weighted by molar-refractivity contribution is -0.116. The average molecular weight is 361 g/mol. The minimum absolute atomic E-state index is 0.210. The number of fused-ring (bicyclic) bond motifs is 1. The predicted octanol–water partition coefficient (Wildman–Crippen LogP) is 4.17. The van der Waals surface area contributed by atoms with Crippen LogP contribution in [0.1, 0.15) is 27.9 Å². The van der Waals surface area contributed by atoms with Crippen LogP contribution in [0.2, 0.25) is 0 Å². The van der Waals surface area contributed by atoms with Crippen molar-refractivity contribution < 1.29 is 9.18 Å². The second-order valence-electron chi connectivity index (χ2n) is 6.45. The number of carbonyl (C=O) groups excluding carboxylic acids is 1. The Kier molecular flexibility index (Phi) is 5.37. The number of halogens is 1. The van der Waals surface area contributed by atoms with Crippen molar-refractivity contribution in [3.8, 4) is 6.07 Å². The molecule has 5 heteroatoms. The molecule has 0 radical (unpaired) electrons. The summed E-state index contributed by atoms with van der Waals surface area (Å²) in [4.78, 5) is 15.1. The van der Waals surface area contributed by atoms with Crippen LogP contribution in [0.4, 0.5) is 4.39 Å². The van der Waals surface area contributed by atoms with Crippen LogP contribution in [0.25, 0.3) is 17.0 Å². The molecular formula is C22H20FN3O. The number of aryl methyl sites for hydroxylation is 2. The lowest BCUT2D eigenvalue weighted by Gasteiger charge is -2.05. The topological polar surface area (TPSA) is 68.7 Å². The molecule has 0 aliphatic carbocycles. The summed E-state index contributed by atoms with van der Waals surface area (Å²) < 4.78 is 14.0. The van der Waals surface area contributed by atoms with Crippen molar-refractivity contribution in [2.75, 3.05) is 6.54 Å². The smallest absolute Gasteiger partial charge is 0.244 e. The minimum atomic E-state index is -0.267. The van der Waals surface area contributed by atoms with E-state index in [0.29, 0.717) is 24.0 Å². The molecule has 0 saturated heterocycles. The van der Waals surface area contributed by atoms with Gasteiger partial charge in [-0.05, 0) is 61.2 Å². The first kappa shape index (κ1) is 18.4. The number of hydrogen-bond acceptors (Lipinski definition) is 2. The Balaban J connectivity index is 1.65. The van der Waals surface area contributed by atoms with E-state index in [1.807, 2.05) is 19.9 Å². The number of amides is 1. The number of carbonyl (C=O) groups is 1. The van der Waals surface area contributed by atoms with E-state index in [0.717, 1.165) is 27.8 Å². The van der Waals surface area contributed by atoms with Gasteiger partial charge in [0.25, 0.3) is 0 Å². The van der Waals surface area contributed by atoms with Crippen molar-refractivity contribution in [2.24, 2.45) is 0 Å². The molecule has 0 atom stereocenters. The van der Waals surface area contributed by atoms with Crippen LogP contribution in [0.3, 0.4) is 0 Å². The number of aromatic amines is 1. The van der Waals surface area contributed by atoms with Gasteiger partial charge in [0, 0.05) is 23.7 Å². The molecule has 3 aromatic rings. The Hall–Kier alpha value is -3.39. The summed E-state index contributed by atoms with van der Waals surface area (Å²) in [6.45, 7) is 4.32. The molecule has 0 saturated carbocycles. The molecule has 0 fully saturated rings. The maximum atomic E-state index is 14.0. The minimum Gasteiger partial charge on any atom is -0.356 e. The second kappa shape index (κ2) is 7.88. The second-order valence-corrected chi connectivity index (χ2v) is 6.45. The molecule has 27 heavy (non-hydrogen) atoms. The summed E-state index contributed by atoms with van der Waals surface area (Å²) in [5.74, 6) is -0.478. The zero-order chi connectivity index (χ0) is 19.4. The maximum absolute atomic E-state index is 14.0. The van der Waals surface area contributed by atoms with Crippen molar-refractivity contribution in [3.05, 3.63) is 76.2 Å². The fourth-order valence-electron chi connectivity index (χ4n) is 3.21. The maximum Gasteiger partial charge on any atom is 0.244 e. The Morgan fingerprint density at radius 2 is 2.11 bits per heavy atom. The number of hydrogen-bond donors (Lipinski definition) is 2. The molecule has 0 unspecified atom stereocenters. The van der Waals surface area contributed by atoms with Crippen molar-refractivity contribution >= 4 is 22.9 Å². The lowest BCUT2D eigenvalue weighted by atomic mass is 10.0. The summed E-state index contributed by atoms with van der Waals surface area (Å²) >= 11 is 0. The highest BCUT2D eigenvalue weighted by atomic mass is 19.1. The van der Waals surface area contributed by atoms with Crippen LogP contribution in [0.15, 0.2) is 42.5 Å². The third-order valence-corrected chi connectivity index (χ3v) is 4.55. The molecule has 0 aliphatic heterocycles. The van der Waals surface area contributed by atoms with E-state index in [2.05, 4.69) is 16.4 Å². The van der Waals surface area contributed by atoms with Gasteiger partial charge in [0.1, 0.15) is 5.82 Å². The summed E-state index contributed by atoms with van der Waals surface area (Å²) in [5, 5.41) is 12.6. The van der Waals surface area contributed by atoms with Gasteiger partial charge in [-0.2, -0.15) is 5.26 Å². The van der Waals surface area contributed by atoms with Gasteiger partial charge in [-0.15, -0.1) is 0 Å². The number of nitriles is 1. The van der Waals surface area contributed by atoms with Crippen LogP contribution >= 0.6 is 0 Å². The molecule has 1 heterocycles. The molecule has 0 bridgehead atoms. The van der Waals surface area contributed by atoms with Crippen LogP contribution in [-0.2, 0) is 11.2 Å². The average Bonchev–Trinajstić information content (AvgIpc) is 3.01. The molecule has 2 N–H and O–H groups in total. The van der Waals surface area contributed by atoms with Gasteiger partial charge >= 0.3 is 0 Å². The van der Waals surface area contributed by atoms with Crippen LogP contribution in [-0.4, -0.2) is 17.4 Å². The first-order chi connectivity index (χ1) is 13.0. The van der Waals surface area contributed by atoms with Crippen LogP contribution < -0.4 is 5.32 Å². The van der Waals surface area contributed by atoms with Crippen molar-refractivity contribution in [1.82, 2.24) is 10.3 Å². The fraction of sp³-hybridized carbons (Fsp3) is 0.182. The van der Waals surface area contributed by atoms with Gasteiger partial charge in [-0.3, -0.25) is 4.79 Å². The summed E-state index contributed by atoms with van der Waals surface area (Å²) in [6, 6.07) is 12.3. The molecule has 1 aromatic heterocycles. The van der Waals surface area contributed by atoms with E-state index in [-0.39, 0.29) is 11.7 Å². The summed E-state index contributed by atoms with van der Waals surface area (Å²) in [5.41, 5.74) is 4.81. The quantitative estimate of drug-likeness (QED) is 0.670. The standard InChI is InChI=1S/C22H20FN3O/c1-14-6-8-19(23)22-21(14)18(15(2)26-22)10-11-25-20(27)9-7-16-4-3-5-17(12-16)13-24/h3-9,12,26H,10-11H2,1-2H3,(H,25,27)/b9-7+. The number of H-pyrrole nitrogens is 1. The van der Waals surface area contributed by atoms with Crippen molar-refractivity contribution in [1.29, 1.82) is 5.26 Å². The summed E-state index contributed by atoms with van der Waals surface area (Å²) in [6.07, 6.45) is 3.73. The zero-order valence-corrected chi connectivity index (χ0v) is 15.3. The van der Waals surface area contributed by atoms with Gasteiger partial charge in [-0.1, -0.05) is 18.2 Å². The molecule has 0 spiro atoms. The Morgan fingerprint density at radius 1 is 1.30 bits per heavy atom. The lowest BCUT2D eigenvalue weighted by Crippen LogP contribution is -2.23. The Morgan fingerprint density at radius 3 is 2.89 bits per heavy atom. The first-order valence-electron chi connectivity index (χ1n) is 8.72. The van der Waals surface area contributed by atoms with E-state index < -0.39 is 0 Å². The highest BCUT2D eigenvalue weighted by molar-refractivity contribution is 5.92. The molecule has 136 valence electrons. The van der Waals surface area contributed by atoms with Gasteiger partial charge in [0.05, 0.1) is 17.1 Å². The monoisotopic (exact) mass is 361 g/mol. The molecular weight excluding hydrogens is 341 g/mol. The normalized spacial score (nSPS) is 11.0. The molecule has 4 nitrogen and oxygen atoms in total. The van der Waals surface area contributed by atoms with Crippen molar-refractivity contribution in [3.63, 3.8) is 0 Å². The van der Waals surface area contributed by atoms with E-state index in [9.17, 15) is 9.18 Å². The Labute approximate surface area is 157 Å². The fourth-order valence-corrected chi connectivity index (χ4v) is 3.21. The van der Waals surface area contributed by atoms with Crippen molar-refractivity contribution in [2.45, 2.75) is 20.3 Å². The van der Waals surface area contributed by atoms with E-state index in [1.165, 1.54) is 12.1 Å². The molecule has 0 aliphatic rings. The van der Waals surface area contributed by atoms with Crippen LogP contribution in [0, 0.1) is 31.0 Å². The number of rotatable bonds is 5. The predicted molar refractivity (Wildman–Crippen MR) is 105 cm³/mol. The number of aromatic nitrogens is 1. The third kappa shape index (κ3) is 4.06. The van der Waals surface area contributed by atoms with Crippen LogP contribution in [0.5, 0.6) is 0 Å². The van der Waals surface area contributed by atoms with Gasteiger partial charge in [-0.25, -0.2) is 4.39 Å². The molecule has 3 rings (SSSR count). The number of nitrogens with zero attached hydrogens (tertiary/aromatic N) is 1. The van der Waals surface area contributed by atoms with Gasteiger partial charge in [0.2, 0.25) is 5.91 Å². The zero-order valence-electron chi connectivity index (χ0n) is 15.3. The number of benzene rings is 2. The largest absolute Gasteiger partial charge is 0.356 e. The number of nitrogens with one attached hydrogen (secondary N) is 2. The third-order valence-electron chi connectivity index (χ3n) is 4.55. The Bertz CT molecular complexity index is 1070. The highest BCUT2D eigenvalue weighted by Gasteiger charge is 2.13. The van der Waals surface area contributed by atoms with E-state index >= 15 is 0 Å². The molecule has 1 amide bonds.